The van der Waals surface area contributed by atoms with Crippen LogP contribution in [0.1, 0.15) is 12.7 Å². The van der Waals surface area contributed by atoms with Gasteiger partial charge in [0.2, 0.25) is 5.76 Å². The maximum absolute atomic E-state index is 10.9. The molecule has 1 aromatic heterocycles. The molecule has 0 saturated heterocycles. The van der Waals surface area contributed by atoms with Crippen LogP contribution in [-0.4, -0.2) is 17.7 Å². The Labute approximate surface area is 75.4 Å². The zero-order valence-electron chi connectivity index (χ0n) is 7.19. The zero-order chi connectivity index (χ0) is 9.68. The van der Waals surface area contributed by atoms with E-state index in [1.165, 1.54) is 12.3 Å². The van der Waals surface area contributed by atoms with E-state index in [9.17, 15) is 4.79 Å². The number of esters is 1. The smallest absolute Gasteiger partial charge is 0.373 e. The van der Waals surface area contributed by atoms with E-state index in [0.29, 0.717) is 5.76 Å². The average Bonchev–Trinajstić information content (AvgIpc) is 2.57. The lowest BCUT2D eigenvalue weighted by molar-refractivity contribution is -0.141. The molecular formula is C9H10O4. The van der Waals surface area contributed by atoms with Gasteiger partial charge in [-0.05, 0) is 19.1 Å². The van der Waals surface area contributed by atoms with Crippen molar-refractivity contribution in [3.05, 3.63) is 29.9 Å². The summed E-state index contributed by atoms with van der Waals surface area (Å²) in [6.07, 6.45) is 2.66. The Morgan fingerprint density at radius 3 is 3.08 bits per heavy atom. The average molecular weight is 182 g/mol. The maximum Gasteiger partial charge on any atom is 0.373 e. The number of carbonyl (C=O) groups excluding carboxylic acids is 1. The van der Waals surface area contributed by atoms with E-state index in [1.54, 1.807) is 19.1 Å². The number of furan rings is 1. The normalized spacial score (nSPS) is 11.3. The van der Waals surface area contributed by atoms with Crippen molar-refractivity contribution in [1.82, 2.24) is 0 Å². The lowest BCUT2D eigenvalue weighted by atomic mass is 10.3. The van der Waals surface area contributed by atoms with Gasteiger partial charge in [-0.15, -0.1) is 0 Å². The van der Waals surface area contributed by atoms with Crippen LogP contribution in [0.5, 0.6) is 0 Å². The standard InChI is InChI=1S/C9H10O4/c1-2-12-9(11)8(10)6-7-4-3-5-13-7/h3-6,10H,2H2,1H3. The molecule has 0 unspecified atom stereocenters. The van der Waals surface area contributed by atoms with Gasteiger partial charge in [0.15, 0.2) is 0 Å². The van der Waals surface area contributed by atoms with E-state index in [1.807, 2.05) is 0 Å². The van der Waals surface area contributed by atoms with Crippen LogP contribution in [0.15, 0.2) is 28.6 Å². The van der Waals surface area contributed by atoms with Gasteiger partial charge in [0.05, 0.1) is 12.9 Å². The first-order chi connectivity index (χ1) is 6.24. The van der Waals surface area contributed by atoms with Crippen molar-refractivity contribution < 1.29 is 19.1 Å². The highest BCUT2D eigenvalue weighted by Gasteiger charge is 2.08. The third kappa shape index (κ3) is 2.66. The second kappa shape index (κ2) is 4.35. The molecule has 0 aliphatic carbocycles. The predicted molar refractivity (Wildman–Crippen MR) is 45.9 cm³/mol. The van der Waals surface area contributed by atoms with Crippen LogP contribution >= 0.6 is 0 Å². The summed E-state index contributed by atoms with van der Waals surface area (Å²) >= 11 is 0. The largest absolute Gasteiger partial charge is 0.502 e. The van der Waals surface area contributed by atoms with Crippen molar-refractivity contribution >= 4 is 12.0 Å². The number of hydrogen-bond donors (Lipinski definition) is 1. The van der Waals surface area contributed by atoms with Gasteiger partial charge < -0.3 is 14.3 Å². The summed E-state index contributed by atoms with van der Waals surface area (Å²) in [6.45, 7) is 1.90. The molecule has 1 heterocycles. The molecule has 1 aromatic rings. The molecule has 0 aromatic carbocycles. The van der Waals surface area contributed by atoms with Crippen LogP contribution in [-0.2, 0) is 9.53 Å². The molecule has 0 aliphatic rings. The quantitative estimate of drug-likeness (QED) is 0.439. The van der Waals surface area contributed by atoms with E-state index in [0.717, 1.165) is 0 Å². The third-order valence-corrected chi connectivity index (χ3v) is 1.31. The number of hydrogen-bond acceptors (Lipinski definition) is 4. The summed E-state index contributed by atoms with van der Waals surface area (Å²) < 4.78 is 9.44. The van der Waals surface area contributed by atoms with Crippen molar-refractivity contribution in [2.75, 3.05) is 6.61 Å². The van der Waals surface area contributed by atoms with E-state index < -0.39 is 11.7 Å². The summed E-state index contributed by atoms with van der Waals surface area (Å²) in [5.74, 6) is -0.804. The number of carbonyl (C=O) groups is 1. The molecule has 4 nitrogen and oxygen atoms in total. The second-order valence-corrected chi connectivity index (χ2v) is 2.27. The van der Waals surface area contributed by atoms with Gasteiger partial charge in [-0.3, -0.25) is 0 Å². The fourth-order valence-electron chi connectivity index (χ4n) is 0.772. The first-order valence-corrected chi connectivity index (χ1v) is 3.85. The summed E-state index contributed by atoms with van der Waals surface area (Å²) in [7, 11) is 0. The Kier molecular flexibility index (Phi) is 3.14. The minimum absolute atomic E-state index is 0.231. The summed E-state index contributed by atoms with van der Waals surface area (Å²) in [4.78, 5) is 10.9. The molecular weight excluding hydrogens is 172 g/mol. The summed E-state index contributed by atoms with van der Waals surface area (Å²) in [6, 6.07) is 3.28. The first kappa shape index (κ1) is 9.38. The van der Waals surface area contributed by atoms with E-state index in [4.69, 9.17) is 9.52 Å². The molecule has 0 radical (unpaired) electrons. The highest BCUT2D eigenvalue weighted by molar-refractivity contribution is 5.90. The number of ether oxygens (including phenoxy) is 1. The summed E-state index contributed by atoms with van der Waals surface area (Å²) in [5.41, 5.74) is 0. The fourth-order valence-corrected chi connectivity index (χ4v) is 0.772. The molecule has 0 bridgehead atoms. The van der Waals surface area contributed by atoms with Gasteiger partial charge in [0, 0.05) is 6.08 Å². The number of aliphatic hydroxyl groups excluding tert-OH is 1. The Hall–Kier alpha value is -1.71. The number of rotatable bonds is 3. The fraction of sp³-hybridized carbons (Fsp3) is 0.222. The van der Waals surface area contributed by atoms with Gasteiger partial charge in [-0.1, -0.05) is 0 Å². The van der Waals surface area contributed by atoms with E-state index in [-0.39, 0.29) is 6.61 Å². The Morgan fingerprint density at radius 2 is 2.54 bits per heavy atom. The molecule has 70 valence electrons. The first-order valence-electron chi connectivity index (χ1n) is 3.85. The topological polar surface area (TPSA) is 59.7 Å². The SMILES string of the molecule is CCOC(=O)C(O)=Cc1ccco1. The van der Waals surface area contributed by atoms with Gasteiger partial charge in [-0.2, -0.15) is 0 Å². The van der Waals surface area contributed by atoms with Gasteiger partial charge in [0.1, 0.15) is 5.76 Å². The molecule has 1 N–H and O–H groups in total. The lowest BCUT2D eigenvalue weighted by Crippen LogP contribution is -2.06. The molecule has 0 atom stereocenters. The number of aliphatic hydroxyl groups is 1. The van der Waals surface area contributed by atoms with Crippen molar-refractivity contribution in [2.45, 2.75) is 6.92 Å². The van der Waals surface area contributed by atoms with Crippen LogP contribution in [0.3, 0.4) is 0 Å². The van der Waals surface area contributed by atoms with Crippen molar-refractivity contribution in [3.63, 3.8) is 0 Å². The molecule has 0 amide bonds. The van der Waals surface area contributed by atoms with Crippen LogP contribution in [0.2, 0.25) is 0 Å². The lowest BCUT2D eigenvalue weighted by Gasteiger charge is -1.98. The molecule has 0 spiro atoms. The Morgan fingerprint density at radius 1 is 1.77 bits per heavy atom. The molecule has 13 heavy (non-hydrogen) atoms. The van der Waals surface area contributed by atoms with Gasteiger partial charge in [-0.25, -0.2) is 4.79 Å². The highest BCUT2D eigenvalue weighted by Crippen LogP contribution is 2.06. The Balaban J connectivity index is 2.66. The monoisotopic (exact) mass is 182 g/mol. The minimum Gasteiger partial charge on any atom is -0.502 e. The van der Waals surface area contributed by atoms with Crippen molar-refractivity contribution in [3.8, 4) is 0 Å². The third-order valence-electron chi connectivity index (χ3n) is 1.31. The van der Waals surface area contributed by atoms with E-state index >= 15 is 0 Å². The van der Waals surface area contributed by atoms with Crippen LogP contribution in [0.25, 0.3) is 6.08 Å². The van der Waals surface area contributed by atoms with Gasteiger partial charge >= 0.3 is 5.97 Å². The molecule has 1 rings (SSSR count). The van der Waals surface area contributed by atoms with Gasteiger partial charge in [0.25, 0.3) is 0 Å². The highest BCUT2D eigenvalue weighted by atomic mass is 16.5. The Bertz CT molecular complexity index is 297. The van der Waals surface area contributed by atoms with E-state index in [2.05, 4.69) is 4.74 Å². The molecule has 0 saturated carbocycles. The van der Waals surface area contributed by atoms with Crippen LogP contribution < -0.4 is 0 Å². The van der Waals surface area contributed by atoms with Crippen molar-refractivity contribution in [1.29, 1.82) is 0 Å². The molecule has 0 fully saturated rings. The van der Waals surface area contributed by atoms with Crippen molar-refractivity contribution in [2.24, 2.45) is 0 Å². The molecule has 0 aliphatic heterocycles. The predicted octanol–water partition coefficient (Wildman–Crippen LogP) is 1.74. The van der Waals surface area contributed by atoms with Crippen LogP contribution in [0, 0.1) is 0 Å². The maximum atomic E-state index is 10.9. The molecule has 4 heteroatoms. The summed E-state index contributed by atoms with van der Waals surface area (Å²) in [5, 5.41) is 9.15. The van der Waals surface area contributed by atoms with Crippen LogP contribution in [0.4, 0.5) is 0 Å². The second-order valence-electron chi connectivity index (χ2n) is 2.27. The zero-order valence-corrected chi connectivity index (χ0v) is 7.19. The minimum atomic E-state index is -0.751.